The average molecular weight is 393 g/mol. The Hall–Kier alpha value is -1.79. The Labute approximate surface area is 145 Å². The molecule has 3 nitrogen and oxygen atoms in total. The summed E-state index contributed by atoms with van der Waals surface area (Å²) in [4.78, 5) is 17.1. The van der Waals surface area contributed by atoms with Crippen LogP contribution in [0.4, 0.5) is 4.39 Å². The van der Waals surface area contributed by atoms with E-state index in [0.717, 1.165) is 27.7 Å². The Bertz CT molecular complexity index is 945. The molecule has 3 aromatic rings. The van der Waals surface area contributed by atoms with Gasteiger partial charge in [-0.25, -0.2) is 4.39 Å². The highest BCUT2D eigenvalue weighted by molar-refractivity contribution is 9.10. The SMILES string of the molecule is CCCn1c(=NC(=O)c2ccccc2F)sc2cc(Br)ccc21. The highest BCUT2D eigenvalue weighted by Gasteiger charge is 2.12. The van der Waals surface area contributed by atoms with Crippen LogP contribution >= 0.6 is 27.3 Å². The van der Waals surface area contributed by atoms with Gasteiger partial charge in [0.1, 0.15) is 5.82 Å². The van der Waals surface area contributed by atoms with Crippen LogP contribution in [0.5, 0.6) is 0 Å². The molecule has 3 rings (SSSR count). The second-order valence-electron chi connectivity index (χ2n) is 5.05. The fraction of sp³-hybridized carbons (Fsp3) is 0.176. The molecule has 0 atom stereocenters. The first-order valence-electron chi connectivity index (χ1n) is 7.22. The summed E-state index contributed by atoms with van der Waals surface area (Å²) in [7, 11) is 0. The number of rotatable bonds is 3. The zero-order valence-corrected chi connectivity index (χ0v) is 14.8. The Morgan fingerprint density at radius 2 is 2.09 bits per heavy atom. The Balaban J connectivity index is 2.16. The van der Waals surface area contributed by atoms with Gasteiger partial charge in [-0.3, -0.25) is 4.79 Å². The third-order valence-corrected chi connectivity index (χ3v) is 4.93. The molecule has 118 valence electrons. The largest absolute Gasteiger partial charge is 0.316 e. The van der Waals surface area contributed by atoms with Crippen molar-refractivity contribution in [3.8, 4) is 0 Å². The molecule has 0 aliphatic heterocycles. The second-order valence-corrected chi connectivity index (χ2v) is 6.97. The molecule has 0 N–H and O–H groups in total. The molecule has 0 saturated heterocycles. The van der Waals surface area contributed by atoms with Gasteiger partial charge in [0.2, 0.25) is 0 Å². The number of amides is 1. The minimum atomic E-state index is -0.557. The summed E-state index contributed by atoms with van der Waals surface area (Å²) < 4.78 is 17.8. The summed E-state index contributed by atoms with van der Waals surface area (Å²) in [6.07, 6.45) is 0.920. The highest BCUT2D eigenvalue weighted by atomic mass is 79.9. The predicted molar refractivity (Wildman–Crippen MR) is 94.1 cm³/mol. The van der Waals surface area contributed by atoms with Crippen molar-refractivity contribution in [1.82, 2.24) is 4.57 Å². The molecule has 1 heterocycles. The Kier molecular flexibility index (Phi) is 4.73. The normalized spacial score (nSPS) is 12.0. The quantitative estimate of drug-likeness (QED) is 0.632. The van der Waals surface area contributed by atoms with E-state index >= 15 is 0 Å². The molecular formula is C17H14BrFN2OS. The van der Waals surface area contributed by atoms with E-state index in [1.807, 2.05) is 22.8 Å². The van der Waals surface area contributed by atoms with Crippen LogP contribution < -0.4 is 4.80 Å². The van der Waals surface area contributed by atoms with E-state index < -0.39 is 11.7 Å². The van der Waals surface area contributed by atoms with E-state index in [2.05, 4.69) is 27.8 Å². The first kappa shape index (κ1) is 16.1. The molecule has 0 saturated carbocycles. The molecule has 0 aliphatic carbocycles. The van der Waals surface area contributed by atoms with Gasteiger partial charge >= 0.3 is 0 Å². The summed E-state index contributed by atoms with van der Waals surface area (Å²) in [5, 5.41) is 0. The second kappa shape index (κ2) is 6.76. The number of nitrogens with zero attached hydrogens (tertiary/aromatic N) is 2. The van der Waals surface area contributed by atoms with E-state index in [0.29, 0.717) is 4.80 Å². The fourth-order valence-corrected chi connectivity index (χ4v) is 3.96. The van der Waals surface area contributed by atoms with Gasteiger partial charge in [-0.2, -0.15) is 4.99 Å². The topological polar surface area (TPSA) is 34.4 Å². The number of thiazole rings is 1. The van der Waals surface area contributed by atoms with Gasteiger partial charge in [0.05, 0.1) is 15.8 Å². The molecule has 6 heteroatoms. The van der Waals surface area contributed by atoms with Crippen LogP contribution in [0.15, 0.2) is 51.9 Å². The Morgan fingerprint density at radius 3 is 2.83 bits per heavy atom. The minimum absolute atomic E-state index is 0.00538. The third kappa shape index (κ3) is 3.28. The number of fused-ring (bicyclic) bond motifs is 1. The number of aryl methyl sites for hydroxylation is 1. The lowest BCUT2D eigenvalue weighted by Crippen LogP contribution is -2.17. The van der Waals surface area contributed by atoms with Crippen LogP contribution in [0, 0.1) is 5.82 Å². The third-order valence-electron chi connectivity index (χ3n) is 3.39. The van der Waals surface area contributed by atoms with Crippen molar-refractivity contribution >= 4 is 43.4 Å². The molecule has 1 amide bonds. The molecule has 2 aromatic carbocycles. The molecule has 23 heavy (non-hydrogen) atoms. The number of hydrogen-bond acceptors (Lipinski definition) is 2. The summed E-state index contributed by atoms with van der Waals surface area (Å²) in [5.41, 5.74) is 1.02. The van der Waals surface area contributed by atoms with Gasteiger partial charge in [0, 0.05) is 11.0 Å². The van der Waals surface area contributed by atoms with Crippen LogP contribution in [-0.4, -0.2) is 10.5 Å². The number of hydrogen-bond donors (Lipinski definition) is 0. The van der Waals surface area contributed by atoms with Crippen LogP contribution in [0.3, 0.4) is 0 Å². The van der Waals surface area contributed by atoms with Crippen molar-refractivity contribution in [3.05, 3.63) is 63.1 Å². The number of carbonyl (C=O) groups is 1. The van der Waals surface area contributed by atoms with E-state index in [-0.39, 0.29) is 5.56 Å². The zero-order valence-electron chi connectivity index (χ0n) is 12.4. The van der Waals surface area contributed by atoms with Crippen molar-refractivity contribution in [1.29, 1.82) is 0 Å². The van der Waals surface area contributed by atoms with Gasteiger partial charge in [0.25, 0.3) is 5.91 Å². The summed E-state index contributed by atoms with van der Waals surface area (Å²) in [6, 6.07) is 11.9. The van der Waals surface area contributed by atoms with Gasteiger partial charge in [-0.05, 0) is 36.8 Å². The summed E-state index contributed by atoms with van der Waals surface area (Å²) in [5.74, 6) is -1.11. The van der Waals surface area contributed by atoms with Crippen LogP contribution in [0.1, 0.15) is 23.7 Å². The molecule has 1 aromatic heterocycles. The monoisotopic (exact) mass is 392 g/mol. The fourth-order valence-electron chi connectivity index (χ4n) is 2.35. The van der Waals surface area contributed by atoms with Crippen LogP contribution in [0.25, 0.3) is 10.2 Å². The van der Waals surface area contributed by atoms with Crippen molar-refractivity contribution in [2.24, 2.45) is 4.99 Å². The van der Waals surface area contributed by atoms with Gasteiger partial charge in [0.15, 0.2) is 4.80 Å². The van der Waals surface area contributed by atoms with Crippen molar-refractivity contribution in [2.45, 2.75) is 19.9 Å². The number of carbonyl (C=O) groups excluding carboxylic acids is 1. The highest BCUT2D eigenvalue weighted by Crippen LogP contribution is 2.22. The lowest BCUT2D eigenvalue weighted by Gasteiger charge is -2.02. The van der Waals surface area contributed by atoms with E-state index in [4.69, 9.17) is 0 Å². The molecule has 0 unspecified atom stereocenters. The van der Waals surface area contributed by atoms with Crippen molar-refractivity contribution < 1.29 is 9.18 Å². The lowest BCUT2D eigenvalue weighted by molar-refractivity contribution is 0.0994. The smallest absolute Gasteiger partial charge is 0.282 e. The average Bonchev–Trinajstić information content (AvgIpc) is 2.84. The van der Waals surface area contributed by atoms with E-state index in [1.165, 1.54) is 23.5 Å². The molecule has 0 radical (unpaired) electrons. The standard InChI is InChI=1S/C17H14BrFN2OS/c1-2-9-21-14-8-7-11(18)10-15(14)23-17(21)20-16(22)12-5-3-4-6-13(12)19/h3-8,10H,2,9H2,1H3. The maximum absolute atomic E-state index is 13.8. The van der Waals surface area contributed by atoms with E-state index in [1.54, 1.807) is 12.1 Å². The number of halogens is 2. The summed E-state index contributed by atoms with van der Waals surface area (Å²) in [6.45, 7) is 2.82. The van der Waals surface area contributed by atoms with Gasteiger partial charge in [-0.15, -0.1) is 0 Å². The van der Waals surface area contributed by atoms with Crippen molar-refractivity contribution in [2.75, 3.05) is 0 Å². The zero-order chi connectivity index (χ0) is 16.4. The maximum Gasteiger partial charge on any atom is 0.282 e. The van der Waals surface area contributed by atoms with E-state index in [9.17, 15) is 9.18 Å². The Morgan fingerprint density at radius 1 is 1.30 bits per heavy atom. The maximum atomic E-state index is 13.8. The first-order valence-corrected chi connectivity index (χ1v) is 8.83. The minimum Gasteiger partial charge on any atom is -0.316 e. The molecule has 0 bridgehead atoms. The molecule has 0 fully saturated rings. The lowest BCUT2D eigenvalue weighted by atomic mass is 10.2. The molecule has 0 spiro atoms. The molecule has 0 aliphatic rings. The summed E-state index contributed by atoms with van der Waals surface area (Å²) >= 11 is 4.88. The molecular weight excluding hydrogens is 379 g/mol. The first-order chi connectivity index (χ1) is 11.1. The van der Waals surface area contributed by atoms with Crippen molar-refractivity contribution in [3.63, 3.8) is 0 Å². The number of benzene rings is 2. The van der Waals surface area contributed by atoms with Gasteiger partial charge < -0.3 is 4.57 Å². The predicted octanol–water partition coefficient (Wildman–Crippen LogP) is 4.76. The van der Waals surface area contributed by atoms with Crippen LogP contribution in [0.2, 0.25) is 0 Å². The number of aromatic nitrogens is 1. The van der Waals surface area contributed by atoms with Gasteiger partial charge in [-0.1, -0.05) is 46.3 Å². The van der Waals surface area contributed by atoms with Crippen LogP contribution in [-0.2, 0) is 6.54 Å².